The Morgan fingerprint density at radius 2 is 0.578 bits per heavy atom. The molecule has 0 nitrogen and oxygen atoms in total. The van der Waals surface area contributed by atoms with Crippen LogP contribution in [0.1, 0.15) is 221 Å². The Morgan fingerprint density at radius 1 is 0.356 bits per heavy atom. The lowest BCUT2D eigenvalue weighted by Gasteiger charge is -2.49. The zero-order valence-electron chi connectivity index (χ0n) is 38.6. The van der Waals surface area contributed by atoms with E-state index in [0.29, 0.717) is 43.3 Å². The van der Waals surface area contributed by atoms with Crippen LogP contribution in [-0.4, -0.2) is 0 Å². The van der Waals surface area contributed by atoms with Gasteiger partial charge in [-0.1, -0.05) is 221 Å². The first-order valence-electron chi connectivity index (χ1n) is 19.0. The maximum Gasteiger partial charge on any atom is -0.0257 e. The highest BCUT2D eigenvalue weighted by atomic mass is 14.5. The molecule has 0 fully saturated rings. The van der Waals surface area contributed by atoms with Crippen molar-refractivity contribution in [3.63, 3.8) is 0 Å². The van der Waals surface area contributed by atoms with E-state index in [1.165, 1.54) is 6.42 Å². The Kier molecular flexibility index (Phi) is 24.0. The molecule has 0 saturated heterocycles. The summed E-state index contributed by atoms with van der Waals surface area (Å²) in [6, 6.07) is 0. The van der Waals surface area contributed by atoms with Gasteiger partial charge in [0.15, 0.2) is 0 Å². The van der Waals surface area contributed by atoms with E-state index < -0.39 is 0 Å². The smallest absolute Gasteiger partial charge is 0.0257 e. The first-order chi connectivity index (χ1) is 19.0. The zero-order chi connectivity index (χ0) is 38.6. The molecule has 0 bridgehead atoms. The highest BCUT2D eigenvalue weighted by Crippen LogP contribution is 2.50. The van der Waals surface area contributed by atoms with Crippen molar-refractivity contribution in [3.05, 3.63) is 0 Å². The molecule has 0 aromatic heterocycles. The van der Waals surface area contributed by atoms with E-state index in [2.05, 4.69) is 215 Å². The second-order valence-corrected chi connectivity index (χ2v) is 22.9. The minimum absolute atomic E-state index is 0.375. The molecular weight excluding hydrogens is 540 g/mol. The Labute approximate surface area is 293 Å². The second kappa shape index (κ2) is 19.9. The van der Waals surface area contributed by atoms with Gasteiger partial charge < -0.3 is 0 Å². The van der Waals surface area contributed by atoms with Crippen LogP contribution in [0.3, 0.4) is 0 Å². The Bertz CT molecular complexity index is 643. The van der Waals surface area contributed by atoms with Gasteiger partial charge in [0.2, 0.25) is 0 Å². The third-order valence-electron chi connectivity index (χ3n) is 13.2. The normalized spacial score (nSPS) is 13.9. The average molecular weight is 641 g/mol. The van der Waals surface area contributed by atoms with E-state index in [9.17, 15) is 0 Å². The average Bonchev–Trinajstić information content (AvgIpc) is 2.75. The summed E-state index contributed by atoms with van der Waals surface area (Å²) in [5.74, 6) is 4.13. The van der Waals surface area contributed by atoms with Crippen LogP contribution in [-0.2, 0) is 0 Å². The number of rotatable bonds is 4. The van der Waals surface area contributed by atoms with Crippen molar-refractivity contribution in [1.29, 1.82) is 0 Å². The molecule has 0 aliphatic heterocycles. The largest absolute Gasteiger partial charge is 0.0649 e. The minimum atomic E-state index is 0.375. The summed E-state index contributed by atoms with van der Waals surface area (Å²) in [5, 5.41) is 0. The molecule has 0 aliphatic carbocycles. The van der Waals surface area contributed by atoms with Gasteiger partial charge in [0.05, 0.1) is 0 Å². The number of hydrogen-bond donors (Lipinski definition) is 0. The molecule has 45 heavy (non-hydrogen) atoms. The predicted octanol–water partition coefficient (Wildman–Crippen LogP) is 16.9. The summed E-state index contributed by atoms with van der Waals surface area (Å²) in [7, 11) is 0. The molecule has 0 aromatic carbocycles. The van der Waals surface area contributed by atoms with E-state index in [4.69, 9.17) is 0 Å². The lowest BCUT2D eigenvalue weighted by molar-refractivity contribution is 0.00575. The third kappa shape index (κ3) is 24.8. The molecule has 0 spiro atoms. The van der Waals surface area contributed by atoms with Gasteiger partial charge in [-0.05, 0) is 72.9 Å². The summed E-state index contributed by atoms with van der Waals surface area (Å²) >= 11 is 0. The first-order valence-corrected chi connectivity index (χ1v) is 19.0. The maximum atomic E-state index is 2.35. The summed E-state index contributed by atoms with van der Waals surface area (Å²) in [6.07, 6.45) is 1.28. The molecule has 280 valence electrons. The van der Waals surface area contributed by atoms with Crippen molar-refractivity contribution in [2.24, 2.45) is 72.9 Å². The molecule has 0 aromatic rings. The summed E-state index contributed by atoms with van der Waals surface area (Å²) in [4.78, 5) is 0. The van der Waals surface area contributed by atoms with Crippen LogP contribution < -0.4 is 0 Å². The summed E-state index contributed by atoms with van der Waals surface area (Å²) in [5.41, 5.74) is 3.44. The van der Waals surface area contributed by atoms with Crippen molar-refractivity contribution in [1.82, 2.24) is 0 Å². The first kappa shape index (κ1) is 54.5. The van der Waals surface area contributed by atoms with Crippen LogP contribution in [0.4, 0.5) is 0 Å². The van der Waals surface area contributed by atoms with Gasteiger partial charge >= 0.3 is 0 Å². The lowest BCUT2D eigenvalue weighted by atomic mass is 9.56. The Morgan fingerprint density at radius 3 is 0.578 bits per heavy atom. The van der Waals surface area contributed by atoms with E-state index >= 15 is 0 Å². The Hall–Kier alpha value is 0. The van der Waals surface area contributed by atoms with Gasteiger partial charge in [0, 0.05) is 0 Å². The minimum Gasteiger partial charge on any atom is -0.0649 e. The molecule has 0 rings (SSSR count). The summed E-state index contributed by atoms with van der Waals surface area (Å²) in [6.45, 7) is 71.3. The monoisotopic (exact) mass is 641 g/mol. The van der Waals surface area contributed by atoms with Crippen LogP contribution in [0.15, 0.2) is 0 Å². The van der Waals surface area contributed by atoms with E-state index in [1.807, 2.05) is 0 Å². The van der Waals surface area contributed by atoms with E-state index in [1.54, 1.807) is 0 Å². The fraction of sp³-hybridized carbons (Fsp3) is 1.00. The van der Waals surface area contributed by atoms with Gasteiger partial charge in [0.25, 0.3) is 0 Å². The molecule has 0 saturated carbocycles. The highest BCUT2D eigenvalue weighted by molar-refractivity contribution is 4.91. The van der Waals surface area contributed by atoms with Crippen LogP contribution in [0.2, 0.25) is 0 Å². The molecule has 0 N–H and O–H groups in total. The lowest BCUT2D eigenvalue weighted by Crippen LogP contribution is -2.41. The highest BCUT2D eigenvalue weighted by Gasteiger charge is 2.42. The van der Waals surface area contributed by atoms with Crippen LogP contribution in [0.5, 0.6) is 0 Å². The van der Waals surface area contributed by atoms with Crippen molar-refractivity contribution in [3.8, 4) is 0 Å². The van der Waals surface area contributed by atoms with Gasteiger partial charge in [-0.25, -0.2) is 0 Å². The van der Waals surface area contributed by atoms with Gasteiger partial charge in [0.1, 0.15) is 0 Å². The SMILES string of the molecule is CC(C(C)(C)C)C(C)(C)C.CC(C)(C)C(C)(C)C.CC(C)(C)C(C)(C)C(C)(C)C.CC(C)C(C)C(C)C.CCC(C)(C)C(C)C. The maximum absolute atomic E-state index is 2.35. The molecular formula is C45H100. The molecule has 0 atom stereocenters. The Balaban J connectivity index is -0.000000149. The van der Waals surface area contributed by atoms with Crippen LogP contribution >= 0.6 is 0 Å². The third-order valence-corrected chi connectivity index (χ3v) is 13.2. The zero-order valence-corrected chi connectivity index (χ0v) is 38.6. The van der Waals surface area contributed by atoms with Crippen molar-refractivity contribution in [2.75, 3.05) is 0 Å². The second-order valence-electron chi connectivity index (χ2n) is 22.9. The summed E-state index contributed by atoms with van der Waals surface area (Å²) < 4.78 is 0. The van der Waals surface area contributed by atoms with E-state index in [0.717, 1.165) is 29.6 Å². The van der Waals surface area contributed by atoms with Gasteiger partial charge in [-0.3, -0.25) is 0 Å². The van der Waals surface area contributed by atoms with Crippen molar-refractivity contribution >= 4 is 0 Å². The fourth-order valence-electron chi connectivity index (χ4n) is 3.60. The van der Waals surface area contributed by atoms with Gasteiger partial charge in [-0.15, -0.1) is 0 Å². The van der Waals surface area contributed by atoms with Gasteiger partial charge in [-0.2, -0.15) is 0 Å². The quantitative estimate of drug-likeness (QED) is 0.287. The van der Waals surface area contributed by atoms with Crippen molar-refractivity contribution in [2.45, 2.75) is 221 Å². The van der Waals surface area contributed by atoms with E-state index in [-0.39, 0.29) is 0 Å². The standard InChI is InChI=1S/C11H24.C10H22.3C8H18/c1-9(2,3)11(7,8)10(4,5)6;1-8(9(2,3)4)10(5,6)7;1-7(2,3)8(4,5)6;1-6-8(4,5)7(2)3;1-6(2)8(5)7(3)4/h1-8H3;8H,1-7H3;1-6H3;7H,6H2,1-5H3;6-8H,1-5H3. The van der Waals surface area contributed by atoms with Crippen molar-refractivity contribution < 1.29 is 0 Å². The molecule has 0 heterocycles. The van der Waals surface area contributed by atoms with Crippen LogP contribution in [0.25, 0.3) is 0 Å². The topological polar surface area (TPSA) is 0 Å². The molecule has 0 amide bonds. The molecule has 0 aliphatic rings. The fourth-order valence-corrected chi connectivity index (χ4v) is 3.60. The number of hydrogen-bond acceptors (Lipinski definition) is 0. The van der Waals surface area contributed by atoms with Crippen LogP contribution in [0, 0.1) is 72.9 Å². The molecule has 0 radical (unpaired) electrons. The molecule has 0 unspecified atom stereocenters. The molecule has 0 heteroatoms. The predicted molar refractivity (Wildman–Crippen MR) is 217 cm³/mol.